The maximum absolute atomic E-state index is 6.06. The highest BCUT2D eigenvalue weighted by atomic mass is 16.5. The zero-order valence-electron chi connectivity index (χ0n) is 16.5. The summed E-state index contributed by atoms with van der Waals surface area (Å²) in [4.78, 5) is 11.6. The highest BCUT2D eigenvalue weighted by Crippen LogP contribution is 2.28. The van der Waals surface area contributed by atoms with Crippen molar-refractivity contribution in [3.05, 3.63) is 65.5 Å². The number of benzene rings is 2. The van der Waals surface area contributed by atoms with E-state index in [9.17, 15) is 0 Å². The molecule has 1 N–H and O–H groups in total. The molecule has 1 fully saturated rings. The summed E-state index contributed by atoms with van der Waals surface area (Å²) >= 11 is 0. The number of hydrogen-bond acceptors (Lipinski definition) is 5. The van der Waals surface area contributed by atoms with Crippen LogP contribution in [0, 0.1) is 0 Å². The van der Waals surface area contributed by atoms with E-state index in [2.05, 4.69) is 50.4 Å². The van der Waals surface area contributed by atoms with Crippen LogP contribution in [0.15, 0.2) is 53.8 Å². The molecule has 6 nitrogen and oxygen atoms in total. The molecular formula is C23H25N5O. The Kier molecular flexibility index (Phi) is 5.09. The Morgan fingerprint density at radius 1 is 1.00 bits per heavy atom. The third-order valence-corrected chi connectivity index (χ3v) is 5.69. The lowest BCUT2D eigenvalue weighted by Crippen LogP contribution is -2.33. The predicted molar refractivity (Wildman–Crippen MR) is 113 cm³/mol. The Bertz CT molecular complexity index is 1010. The Morgan fingerprint density at radius 2 is 1.93 bits per heavy atom. The standard InChI is InChI=1S/C23H25N5O/c1-2-9-28(10-3-1)11-12-29-20-6-4-5-17(13-20)22-21-14-18(23-25-16-26-27-23)7-8-19(21)15-24-22/h4-8,13-14,16H,1-3,9-12,15H2,(H,25,26,27). The zero-order chi connectivity index (χ0) is 19.5. The highest BCUT2D eigenvalue weighted by molar-refractivity contribution is 6.15. The van der Waals surface area contributed by atoms with Gasteiger partial charge in [-0.2, -0.15) is 5.10 Å². The molecule has 6 heteroatoms. The molecule has 2 aromatic carbocycles. The van der Waals surface area contributed by atoms with Gasteiger partial charge in [-0.25, -0.2) is 4.98 Å². The second kappa shape index (κ2) is 8.17. The number of rotatable bonds is 6. The van der Waals surface area contributed by atoms with E-state index < -0.39 is 0 Å². The minimum Gasteiger partial charge on any atom is -0.492 e. The lowest BCUT2D eigenvalue weighted by molar-refractivity contribution is 0.183. The van der Waals surface area contributed by atoms with Gasteiger partial charge in [-0.05, 0) is 49.7 Å². The van der Waals surface area contributed by atoms with Crippen LogP contribution in [0.1, 0.15) is 36.0 Å². The van der Waals surface area contributed by atoms with Crippen molar-refractivity contribution in [1.82, 2.24) is 20.1 Å². The Labute approximate surface area is 170 Å². The largest absolute Gasteiger partial charge is 0.492 e. The normalized spacial score (nSPS) is 16.5. The van der Waals surface area contributed by atoms with Crippen molar-refractivity contribution in [2.45, 2.75) is 25.8 Å². The summed E-state index contributed by atoms with van der Waals surface area (Å²) in [6.07, 6.45) is 5.51. The van der Waals surface area contributed by atoms with E-state index in [1.165, 1.54) is 44.2 Å². The number of hydrogen-bond donors (Lipinski definition) is 1. The van der Waals surface area contributed by atoms with Gasteiger partial charge in [-0.3, -0.25) is 15.0 Å². The summed E-state index contributed by atoms with van der Waals surface area (Å²) in [5.74, 6) is 1.68. The number of nitrogens with one attached hydrogen (secondary N) is 1. The molecular weight excluding hydrogens is 362 g/mol. The van der Waals surface area contributed by atoms with Gasteiger partial charge in [-0.1, -0.05) is 30.7 Å². The lowest BCUT2D eigenvalue weighted by atomic mass is 9.97. The number of H-pyrrole nitrogens is 1. The van der Waals surface area contributed by atoms with Crippen LogP contribution >= 0.6 is 0 Å². The van der Waals surface area contributed by atoms with Crippen molar-refractivity contribution in [2.75, 3.05) is 26.2 Å². The first-order valence-corrected chi connectivity index (χ1v) is 10.4. The van der Waals surface area contributed by atoms with Crippen LogP contribution in [0.4, 0.5) is 0 Å². The molecule has 148 valence electrons. The monoisotopic (exact) mass is 387 g/mol. The fraction of sp³-hybridized carbons (Fsp3) is 0.348. The minimum absolute atomic E-state index is 0.710. The first kappa shape index (κ1) is 18.1. The van der Waals surface area contributed by atoms with E-state index >= 15 is 0 Å². The third-order valence-electron chi connectivity index (χ3n) is 5.69. The van der Waals surface area contributed by atoms with E-state index in [1.807, 2.05) is 12.1 Å². The van der Waals surface area contributed by atoms with Crippen molar-refractivity contribution in [2.24, 2.45) is 4.99 Å². The first-order valence-electron chi connectivity index (χ1n) is 10.4. The summed E-state index contributed by atoms with van der Waals surface area (Å²) in [5, 5.41) is 6.89. The predicted octanol–water partition coefficient (Wildman–Crippen LogP) is 3.69. The molecule has 0 bridgehead atoms. The van der Waals surface area contributed by atoms with Crippen LogP contribution in [-0.4, -0.2) is 52.0 Å². The van der Waals surface area contributed by atoms with Crippen molar-refractivity contribution >= 4 is 5.71 Å². The van der Waals surface area contributed by atoms with Gasteiger partial charge in [-0.15, -0.1) is 0 Å². The van der Waals surface area contributed by atoms with E-state index in [-0.39, 0.29) is 0 Å². The molecule has 2 aliphatic heterocycles. The summed E-state index contributed by atoms with van der Waals surface area (Å²) < 4.78 is 6.06. The topological polar surface area (TPSA) is 66.4 Å². The summed E-state index contributed by atoms with van der Waals surface area (Å²) in [5.41, 5.74) is 5.52. The second-order valence-electron chi connectivity index (χ2n) is 7.65. The van der Waals surface area contributed by atoms with Gasteiger partial charge in [0.15, 0.2) is 5.82 Å². The molecule has 0 saturated carbocycles. The van der Waals surface area contributed by atoms with Crippen LogP contribution in [0.25, 0.3) is 11.4 Å². The van der Waals surface area contributed by atoms with E-state index in [0.29, 0.717) is 6.54 Å². The van der Waals surface area contributed by atoms with Crippen molar-refractivity contribution in [1.29, 1.82) is 0 Å². The summed E-state index contributed by atoms with van der Waals surface area (Å²) in [6, 6.07) is 14.6. The summed E-state index contributed by atoms with van der Waals surface area (Å²) in [6.45, 7) is 4.83. The smallest absolute Gasteiger partial charge is 0.155 e. The average Bonchev–Trinajstić information content (AvgIpc) is 3.44. The second-order valence-corrected chi connectivity index (χ2v) is 7.65. The van der Waals surface area contributed by atoms with Crippen LogP contribution < -0.4 is 4.74 Å². The molecule has 0 radical (unpaired) electrons. The average molecular weight is 387 g/mol. The highest BCUT2D eigenvalue weighted by Gasteiger charge is 2.19. The third kappa shape index (κ3) is 3.93. The van der Waals surface area contributed by atoms with Gasteiger partial charge in [0.2, 0.25) is 0 Å². The number of likely N-dealkylation sites (tertiary alicyclic amines) is 1. The van der Waals surface area contributed by atoms with Crippen LogP contribution in [0.2, 0.25) is 0 Å². The summed E-state index contributed by atoms with van der Waals surface area (Å²) in [7, 11) is 0. The molecule has 5 rings (SSSR count). The molecule has 0 amide bonds. The Hall–Kier alpha value is -2.99. The first-order chi connectivity index (χ1) is 14.4. The molecule has 1 saturated heterocycles. The maximum atomic E-state index is 6.06. The number of nitrogens with zero attached hydrogens (tertiary/aromatic N) is 4. The fourth-order valence-corrected chi connectivity index (χ4v) is 4.13. The molecule has 0 atom stereocenters. The van der Waals surface area contributed by atoms with E-state index in [4.69, 9.17) is 9.73 Å². The Balaban J connectivity index is 1.31. The number of aliphatic imine (C=N–C) groups is 1. The quantitative estimate of drug-likeness (QED) is 0.701. The van der Waals surface area contributed by atoms with Gasteiger partial charge in [0.1, 0.15) is 18.7 Å². The number of fused-ring (bicyclic) bond motifs is 1. The molecule has 1 aromatic heterocycles. The van der Waals surface area contributed by atoms with Gasteiger partial charge >= 0.3 is 0 Å². The minimum atomic E-state index is 0.710. The fourth-order valence-electron chi connectivity index (χ4n) is 4.13. The Morgan fingerprint density at radius 3 is 2.79 bits per heavy atom. The van der Waals surface area contributed by atoms with Crippen LogP contribution in [0.5, 0.6) is 5.75 Å². The SMILES string of the molecule is c1cc(OCCN2CCCCC2)cc(C2=NCc3ccc(-c4ncn[nH]4)cc32)c1. The van der Waals surface area contributed by atoms with Crippen molar-refractivity contribution in [3.63, 3.8) is 0 Å². The number of aromatic amines is 1. The number of piperidine rings is 1. The maximum Gasteiger partial charge on any atom is 0.155 e. The van der Waals surface area contributed by atoms with Gasteiger partial charge in [0.25, 0.3) is 0 Å². The molecule has 29 heavy (non-hydrogen) atoms. The number of aromatic nitrogens is 3. The van der Waals surface area contributed by atoms with E-state index in [1.54, 1.807) is 0 Å². The van der Waals surface area contributed by atoms with Crippen molar-refractivity contribution < 1.29 is 4.74 Å². The number of ether oxygens (including phenoxy) is 1. The van der Waals surface area contributed by atoms with Crippen LogP contribution in [0.3, 0.4) is 0 Å². The molecule has 2 aliphatic rings. The zero-order valence-corrected chi connectivity index (χ0v) is 16.5. The molecule has 3 heterocycles. The molecule has 0 spiro atoms. The van der Waals surface area contributed by atoms with Crippen molar-refractivity contribution in [3.8, 4) is 17.1 Å². The van der Waals surface area contributed by atoms with Gasteiger partial charge < -0.3 is 4.74 Å². The van der Waals surface area contributed by atoms with E-state index in [0.717, 1.165) is 47.1 Å². The van der Waals surface area contributed by atoms with Gasteiger partial charge in [0, 0.05) is 23.2 Å². The molecule has 0 aliphatic carbocycles. The van der Waals surface area contributed by atoms with Gasteiger partial charge in [0.05, 0.1) is 12.3 Å². The molecule has 0 unspecified atom stereocenters. The lowest BCUT2D eigenvalue weighted by Gasteiger charge is -2.26. The molecule has 3 aromatic rings. The van der Waals surface area contributed by atoms with Crippen LogP contribution in [-0.2, 0) is 6.54 Å².